The van der Waals surface area contributed by atoms with E-state index in [2.05, 4.69) is 14.9 Å². The smallest absolute Gasteiger partial charge is 0.291 e. The summed E-state index contributed by atoms with van der Waals surface area (Å²) in [7, 11) is 2.42. The zero-order chi connectivity index (χ0) is 21.8. The lowest BCUT2D eigenvalue weighted by Gasteiger charge is -2.26. The molecule has 2 aromatic heterocycles. The predicted molar refractivity (Wildman–Crippen MR) is 121 cm³/mol. The summed E-state index contributed by atoms with van der Waals surface area (Å²) in [5, 5.41) is 0.992. The van der Waals surface area contributed by atoms with E-state index in [0.717, 1.165) is 51.7 Å². The molecule has 0 radical (unpaired) electrons. The third-order valence-corrected chi connectivity index (χ3v) is 8.96. The molecule has 162 valence electrons. The molecule has 1 aromatic carbocycles. The first kappa shape index (κ1) is 20.5. The highest BCUT2D eigenvalue weighted by Gasteiger charge is 2.30. The Morgan fingerprint density at radius 2 is 1.90 bits per heavy atom. The SMILES string of the molecule is CN1C(=Cc2nc[n+](C)c3ncn(C)c23)Sc2cc(S(=O)(=O)N3CCCCC3)ccc21. The molecule has 1 fully saturated rings. The van der Waals surface area contributed by atoms with Crippen LogP contribution in [0.4, 0.5) is 5.69 Å². The summed E-state index contributed by atoms with van der Waals surface area (Å²) in [4.78, 5) is 12.4. The third kappa shape index (κ3) is 3.42. The molecule has 31 heavy (non-hydrogen) atoms. The largest absolute Gasteiger partial charge is 0.338 e. The number of aryl methyl sites for hydroxylation is 2. The number of benzene rings is 1. The van der Waals surface area contributed by atoms with Crippen LogP contribution in [-0.2, 0) is 24.1 Å². The summed E-state index contributed by atoms with van der Waals surface area (Å²) >= 11 is 1.56. The molecule has 4 heterocycles. The van der Waals surface area contributed by atoms with Gasteiger partial charge in [-0.25, -0.2) is 13.0 Å². The molecular formula is C21H25N6O2S2+. The topological polar surface area (TPSA) is 75.2 Å². The van der Waals surface area contributed by atoms with Crippen LogP contribution < -0.4 is 9.47 Å². The average Bonchev–Trinajstić information content (AvgIpc) is 3.31. The Labute approximate surface area is 186 Å². The number of rotatable bonds is 3. The molecule has 0 aliphatic carbocycles. The van der Waals surface area contributed by atoms with E-state index in [1.165, 1.54) is 0 Å². The number of aromatic nitrogens is 4. The highest BCUT2D eigenvalue weighted by atomic mass is 32.2. The first-order valence-corrected chi connectivity index (χ1v) is 12.5. The molecule has 2 aliphatic heterocycles. The lowest BCUT2D eigenvalue weighted by Crippen LogP contribution is -2.35. The number of anilines is 1. The molecule has 0 amide bonds. The van der Waals surface area contributed by atoms with Crippen molar-refractivity contribution in [2.75, 3.05) is 25.0 Å². The van der Waals surface area contributed by atoms with Gasteiger partial charge in [0.05, 0.1) is 22.7 Å². The van der Waals surface area contributed by atoms with Crippen molar-refractivity contribution < 1.29 is 13.0 Å². The van der Waals surface area contributed by atoms with Gasteiger partial charge in [0.25, 0.3) is 5.65 Å². The standard InChI is InChI=1S/C21H25N6O2S2/c1-24-14-23-21-20(24)16(22-13-25(21)2)12-19-26(3)17-8-7-15(11-18(17)30-19)31(28,29)27-9-5-4-6-10-27/h7-8,11-14H,4-6,9-10H2,1-3H3/q+1. The van der Waals surface area contributed by atoms with Crippen molar-refractivity contribution in [3.63, 3.8) is 0 Å². The van der Waals surface area contributed by atoms with Crippen molar-refractivity contribution in [2.45, 2.75) is 29.1 Å². The van der Waals surface area contributed by atoms with Crippen molar-refractivity contribution in [1.29, 1.82) is 0 Å². The highest BCUT2D eigenvalue weighted by molar-refractivity contribution is 8.04. The summed E-state index contributed by atoms with van der Waals surface area (Å²) in [5.74, 6) is 0. The molecule has 0 atom stereocenters. The minimum Gasteiger partial charge on any atom is -0.338 e. The molecule has 5 rings (SSSR count). The minimum absolute atomic E-state index is 0.370. The maximum Gasteiger partial charge on any atom is 0.291 e. The van der Waals surface area contributed by atoms with E-state index in [4.69, 9.17) is 0 Å². The van der Waals surface area contributed by atoms with Crippen LogP contribution in [0.2, 0.25) is 0 Å². The maximum absolute atomic E-state index is 13.1. The van der Waals surface area contributed by atoms with Gasteiger partial charge in [0.15, 0.2) is 17.5 Å². The van der Waals surface area contributed by atoms with E-state index >= 15 is 0 Å². The number of hydrogen-bond donors (Lipinski definition) is 0. The first-order valence-electron chi connectivity index (χ1n) is 10.3. The van der Waals surface area contributed by atoms with Crippen molar-refractivity contribution in [3.05, 3.63) is 41.6 Å². The molecule has 0 unspecified atom stereocenters. The second kappa shape index (κ2) is 7.61. The van der Waals surface area contributed by atoms with Gasteiger partial charge in [-0.05, 0) is 31.0 Å². The Balaban J connectivity index is 1.50. The zero-order valence-corrected chi connectivity index (χ0v) is 19.4. The van der Waals surface area contributed by atoms with Crippen molar-refractivity contribution in [3.8, 4) is 0 Å². The van der Waals surface area contributed by atoms with Crippen molar-refractivity contribution in [2.24, 2.45) is 14.1 Å². The van der Waals surface area contributed by atoms with Gasteiger partial charge in [-0.2, -0.15) is 4.31 Å². The fourth-order valence-electron chi connectivity index (χ4n) is 4.15. The monoisotopic (exact) mass is 457 g/mol. The second-order valence-electron chi connectivity index (χ2n) is 8.01. The zero-order valence-electron chi connectivity index (χ0n) is 17.8. The van der Waals surface area contributed by atoms with Crippen LogP contribution in [0, 0.1) is 0 Å². The Hall–Kier alpha value is -2.43. The third-order valence-electron chi connectivity index (χ3n) is 5.92. The lowest BCUT2D eigenvalue weighted by atomic mass is 10.2. The van der Waals surface area contributed by atoms with Crippen molar-refractivity contribution in [1.82, 2.24) is 18.8 Å². The summed E-state index contributed by atoms with van der Waals surface area (Å²) < 4.78 is 31.7. The van der Waals surface area contributed by atoms with Crippen LogP contribution in [0.5, 0.6) is 0 Å². The van der Waals surface area contributed by atoms with Crippen molar-refractivity contribution >= 4 is 44.7 Å². The van der Waals surface area contributed by atoms with Gasteiger partial charge in [0.1, 0.15) is 0 Å². The number of piperidine rings is 1. The van der Waals surface area contributed by atoms with E-state index in [9.17, 15) is 8.42 Å². The van der Waals surface area contributed by atoms with Gasteiger partial charge in [0, 0.05) is 38.2 Å². The molecule has 0 N–H and O–H groups in total. The van der Waals surface area contributed by atoms with Crippen LogP contribution in [0.15, 0.2) is 45.7 Å². The fourth-order valence-corrected chi connectivity index (χ4v) is 6.90. The summed E-state index contributed by atoms with van der Waals surface area (Å²) in [5.41, 5.74) is 3.64. The van der Waals surface area contributed by atoms with Crippen LogP contribution in [-0.4, -0.2) is 47.4 Å². The quantitative estimate of drug-likeness (QED) is 0.563. The molecule has 0 saturated carbocycles. The normalized spacial score (nSPS) is 18.8. The second-order valence-corrected chi connectivity index (χ2v) is 11.0. The molecular weight excluding hydrogens is 432 g/mol. The predicted octanol–water partition coefficient (Wildman–Crippen LogP) is 2.51. The Morgan fingerprint density at radius 1 is 1.13 bits per heavy atom. The fraction of sp³-hybridized carbons (Fsp3) is 0.381. The van der Waals surface area contributed by atoms with Crippen LogP contribution >= 0.6 is 11.8 Å². The molecule has 3 aromatic rings. The summed E-state index contributed by atoms with van der Waals surface area (Å²) in [6, 6.07) is 5.43. The molecule has 2 aliphatic rings. The van der Waals surface area contributed by atoms with E-state index < -0.39 is 10.0 Å². The summed E-state index contributed by atoms with van der Waals surface area (Å²) in [6.45, 7) is 1.21. The Bertz CT molecular complexity index is 1310. The number of imidazole rings is 1. The number of thioether (sulfide) groups is 1. The summed E-state index contributed by atoms with van der Waals surface area (Å²) in [6.07, 6.45) is 8.54. The first-order chi connectivity index (χ1) is 14.9. The van der Waals surface area contributed by atoms with E-state index in [1.54, 1.807) is 40.9 Å². The van der Waals surface area contributed by atoms with Gasteiger partial charge >= 0.3 is 0 Å². The average molecular weight is 458 g/mol. The number of nitrogens with zero attached hydrogens (tertiary/aromatic N) is 6. The van der Waals surface area contributed by atoms with E-state index in [-0.39, 0.29) is 0 Å². The van der Waals surface area contributed by atoms with Gasteiger partial charge in [-0.15, -0.1) is 4.98 Å². The van der Waals surface area contributed by atoms with Crippen LogP contribution in [0.3, 0.4) is 0 Å². The number of fused-ring (bicyclic) bond motifs is 2. The van der Waals surface area contributed by atoms with Gasteiger partial charge in [-0.3, -0.25) is 0 Å². The number of sulfonamides is 1. The molecule has 10 heteroatoms. The molecule has 0 bridgehead atoms. The van der Waals surface area contributed by atoms with Crippen LogP contribution in [0.1, 0.15) is 25.0 Å². The van der Waals surface area contributed by atoms with E-state index in [0.29, 0.717) is 18.0 Å². The number of hydrogen-bond acceptors (Lipinski definition) is 6. The maximum atomic E-state index is 13.1. The Kier molecular flexibility index (Phi) is 5.03. The van der Waals surface area contributed by atoms with Gasteiger partial charge < -0.3 is 9.47 Å². The van der Waals surface area contributed by atoms with Gasteiger partial charge in [-0.1, -0.05) is 23.2 Å². The van der Waals surface area contributed by atoms with E-state index in [1.807, 2.05) is 42.4 Å². The molecule has 1 saturated heterocycles. The van der Waals surface area contributed by atoms with Gasteiger partial charge in [0.2, 0.25) is 16.4 Å². The minimum atomic E-state index is -3.45. The molecule has 8 nitrogen and oxygen atoms in total. The highest BCUT2D eigenvalue weighted by Crippen LogP contribution is 2.46. The Morgan fingerprint density at radius 3 is 2.68 bits per heavy atom. The lowest BCUT2D eigenvalue weighted by molar-refractivity contribution is -0.649. The van der Waals surface area contributed by atoms with Crippen LogP contribution in [0.25, 0.3) is 17.2 Å². The molecule has 0 spiro atoms.